The number of benzene rings is 1. The summed E-state index contributed by atoms with van der Waals surface area (Å²) in [6.45, 7) is 2.16. The Morgan fingerprint density at radius 3 is 2.43 bits per heavy atom. The van der Waals surface area contributed by atoms with Crippen molar-refractivity contribution >= 4 is 0 Å². The number of terminal acetylenes is 1. The topological polar surface area (TPSA) is 12.0 Å². The Morgan fingerprint density at radius 1 is 1.36 bits per heavy atom. The molecule has 1 aromatic carbocycles. The quantitative estimate of drug-likeness (QED) is 0.728. The van der Waals surface area contributed by atoms with Crippen molar-refractivity contribution in [1.29, 1.82) is 0 Å². The first-order valence-corrected chi connectivity index (χ1v) is 4.26. The van der Waals surface area contributed by atoms with E-state index >= 15 is 0 Å². The average molecular weight is 195 g/mol. The van der Waals surface area contributed by atoms with Crippen LogP contribution in [0.1, 0.15) is 12.5 Å². The van der Waals surface area contributed by atoms with E-state index in [9.17, 15) is 8.78 Å². The van der Waals surface area contributed by atoms with Crippen LogP contribution in [0.25, 0.3) is 0 Å². The van der Waals surface area contributed by atoms with E-state index in [-0.39, 0.29) is 6.04 Å². The Hall–Kier alpha value is -1.40. The summed E-state index contributed by atoms with van der Waals surface area (Å²) < 4.78 is 25.5. The summed E-state index contributed by atoms with van der Waals surface area (Å²) in [6, 6.07) is 3.29. The lowest BCUT2D eigenvalue weighted by atomic mass is 10.2. The van der Waals surface area contributed by atoms with Crippen molar-refractivity contribution in [1.82, 2.24) is 5.32 Å². The van der Waals surface area contributed by atoms with Crippen LogP contribution in [0.5, 0.6) is 0 Å². The minimum atomic E-state index is -0.574. The first-order chi connectivity index (χ1) is 6.61. The molecule has 0 aliphatic rings. The predicted octanol–water partition coefficient (Wildman–Crippen LogP) is 2.08. The molecule has 14 heavy (non-hydrogen) atoms. The van der Waals surface area contributed by atoms with Gasteiger partial charge >= 0.3 is 0 Å². The summed E-state index contributed by atoms with van der Waals surface area (Å²) in [5, 5.41) is 2.93. The second-order valence-corrected chi connectivity index (χ2v) is 3.05. The van der Waals surface area contributed by atoms with Gasteiger partial charge in [-0.25, -0.2) is 8.78 Å². The number of hydrogen-bond donors (Lipinski definition) is 1. The maximum Gasteiger partial charge on any atom is 0.126 e. The molecule has 1 N–H and O–H groups in total. The number of halogens is 2. The molecule has 0 saturated carbocycles. The van der Waals surface area contributed by atoms with Crippen molar-refractivity contribution in [3.8, 4) is 12.3 Å². The smallest absolute Gasteiger partial charge is 0.126 e. The zero-order valence-corrected chi connectivity index (χ0v) is 7.85. The van der Waals surface area contributed by atoms with Crippen LogP contribution in [0.15, 0.2) is 18.2 Å². The lowest BCUT2D eigenvalue weighted by molar-refractivity contribution is 0.572. The van der Waals surface area contributed by atoms with Gasteiger partial charge in [0.1, 0.15) is 11.6 Å². The third-order valence-corrected chi connectivity index (χ3v) is 1.78. The molecule has 0 radical (unpaired) electrons. The maximum absolute atomic E-state index is 12.7. The fraction of sp³-hybridized carbons (Fsp3) is 0.273. The Labute approximate surface area is 82.1 Å². The Morgan fingerprint density at radius 2 is 1.93 bits per heavy atom. The zero-order valence-electron chi connectivity index (χ0n) is 7.85. The molecule has 1 aromatic rings. The Balaban J connectivity index is 2.64. The van der Waals surface area contributed by atoms with Crippen LogP contribution in [-0.2, 0) is 6.54 Å². The molecule has 0 fully saturated rings. The minimum absolute atomic E-state index is 0.110. The summed E-state index contributed by atoms with van der Waals surface area (Å²) in [4.78, 5) is 0. The van der Waals surface area contributed by atoms with Gasteiger partial charge < -0.3 is 0 Å². The van der Waals surface area contributed by atoms with E-state index in [1.807, 2.05) is 0 Å². The van der Waals surface area contributed by atoms with Crippen LogP contribution >= 0.6 is 0 Å². The van der Waals surface area contributed by atoms with Crippen molar-refractivity contribution in [2.45, 2.75) is 19.5 Å². The van der Waals surface area contributed by atoms with Gasteiger partial charge in [0, 0.05) is 12.6 Å². The van der Waals surface area contributed by atoms with Gasteiger partial charge in [0.25, 0.3) is 0 Å². The summed E-state index contributed by atoms with van der Waals surface area (Å²) in [6.07, 6.45) is 5.14. The van der Waals surface area contributed by atoms with Crippen molar-refractivity contribution in [2.75, 3.05) is 0 Å². The molecule has 1 unspecified atom stereocenters. The lowest BCUT2D eigenvalue weighted by Crippen LogP contribution is -2.23. The predicted molar refractivity (Wildman–Crippen MR) is 51.5 cm³/mol. The van der Waals surface area contributed by atoms with Crippen LogP contribution in [0, 0.1) is 24.0 Å². The largest absolute Gasteiger partial charge is 0.300 e. The van der Waals surface area contributed by atoms with Crippen molar-refractivity contribution in [3.63, 3.8) is 0 Å². The number of hydrogen-bond acceptors (Lipinski definition) is 1. The monoisotopic (exact) mass is 195 g/mol. The highest BCUT2D eigenvalue weighted by atomic mass is 19.1. The minimum Gasteiger partial charge on any atom is -0.300 e. The van der Waals surface area contributed by atoms with Crippen LogP contribution in [-0.4, -0.2) is 6.04 Å². The van der Waals surface area contributed by atoms with E-state index in [2.05, 4.69) is 11.2 Å². The maximum atomic E-state index is 12.7. The third kappa shape index (κ3) is 3.15. The Bertz CT molecular complexity index is 335. The fourth-order valence-corrected chi connectivity index (χ4v) is 1.04. The van der Waals surface area contributed by atoms with Crippen molar-refractivity contribution < 1.29 is 8.78 Å². The van der Waals surface area contributed by atoms with Gasteiger partial charge in [0.2, 0.25) is 0 Å². The molecule has 74 valence electrons. The van der Waals surface area contributed by atoms with Gasteiger partial charge in [-0.1, -0.05) is 5.92 Å². The highest BCUT2D eigenvalue weighted by Crippen LogP contribution is 2.07. The van der Waals surface area contributed by atoms with Gasteiger partial charge in [-0.3, -0.25) is 5.32 Å². The molecular weight excluding hydrogens is 184 g/mol. The molecule has 0 spiro atoms. The third-order valence-electron chi connectivity index (χ3n) is 1.78. The van der Waals surface area contributed by atoms with Crippen LogP contribution in [0.4, 0.5) is 8.78 Å². The number of nitrogens with one attached hydrogen (secondary N) is 1. The Kier molecular flexibility index (Phi) is 3.61. The summed E-state index contributed by atoms with van der Waals surface area (Å²) >= 11 is 0. The highest BCUT2D eigenvalue weighted by Gasteiger charge is 2.01. The van der Waals surface area contributed by atoms with Gasteiger partial charge in [-0.2, -0.15) is 0 Å². The first-order valence-electron chi connectivity index (χ1n) is 4.26. The molecule has 0 aliphatic heterocycles. The molecule has 0 aromatic heterocycles. The SMILES string of the molecule is C#CC(C)NCc1cc(F)cc(F)c1. The molecule has 0 heterocycles. The zero-order chi connectivity index (χ0) is 10.6. The van der Waals surface area contributed by atoms with Crippen molar-refractivity contribution in [2.24, 2.45) is 0 Å². The summed E-state index contributed by atoms with van der Waals surface area (Å²) in [7, 11) is 0. The summed E-state index contributed by atoms with van der Waals surface area (Å²) in [5.41, 5.74) is 0.546. The van der Waals surface area contributed by atoms with Gasteiger partial charge in [0.05, 0.1) is 6.04 Å². The van der Waals surface area contributed by atoms with Crippen LogP contribution < -0.4 is 5.32 Å². The highest BCUT2D eigenvalue weighted by molar-refractivity contribution is 5.18. The molecular formula is C11H11F2N. The molecule has 1 rings (SSSR count). The molecule has 1 atom stereocenters. The molecule has 0 saturated heterocycles. The average Bonchev–Trinajstić information content (AvgIpc) is 2.12. The molecule has 0 bridgehead atoms. The fourth-order valence-electron chi connectivity index (χ4n) is 1.04. The lowest BCUT2D eigenvalue weighted by Gasteiger charge is -2.07. The summed E-state index contributed by atoms with van der Waals surface area (Å²) in [5.74, 6) is 1.32. The molecule has 3 heteroatoms. The molecule has 1 nitrogen and oxygen atoms in total. The molecule has 0 amide bonds. The first kappa shape index (κ1) is 10.7. The second kappa shape index (κ2) is 4.73. The van der Waals surface area contributed by atoms with Gasteiger partial charge in [0.15, 0.2) is 0 Å². The normalized spacial score (nSPS) is 12.1. The van der Waals surface area contributed by atoms with E-state index in [1.165, 1.54) is 12.1 Å². The van der Waals surface area contributed by atoms with Crippen LogP contribution in [0.2, 0.25) is 0 Å². The number of rotatable bonds is 3. The van der Waals surface area contributed by atoms with Gasteiger partial charge in [-0.15, -0.1) is 6.42 Å². The second-order valence-electron chi connectivity index (χ2n) is 3.05. The van der Waals surface area contributed by atoms with E-state index < -0.39 is 11.6 Å². The standard InChI is InChI=1S/C11H11F2N/c1-3-8(2)14-7-9-4-10(12)6-11(13)5-9/h1,4-6,8,14H,7H2,2H3. The van der Waals surface area contributed by atoms with E-state index in [1.54, 1.807) is 6.92 Å². The van der Waals surface area contributed by atoms with Crippen molar-refractivity contribution in [3.05, 3.63) is 35.4 Å². The van der Waals surface area contributed by atoms with E-state index in [0.717, 1.165) is 6.07 Å². The molecule has 0 aliphatic carbocycles. The van der Waals surface area contributed by atoms with Crippen LogP contribution in [0.3, 0.4) is 0 Å². The van der Waals surface area contributed by atoms with Gasteiger partial charge in [-0.05, 0) is 24.6 Å². The van der Waals surface area contributed by atoms with E-state index in [0.29, 0.717) is 12.1 Å². The van der Waals surface area contributed by atoms with E-state index in [4.69, 9.17) is 6.42 Å².